The molecule has 0 radical (unpaired) electrons. The van der Waals surface area contributed by atoms with E-state index in [1.165, 1.54) is 0 Å². The Morgan fingerprint density at radius 3 is 2.56 bits per heavy atom. The lowest BCUT2D eigenvalue weighted by Gasteiger charge is -2.31. The van der Waals surface area contributed by atoms with Crippen molar-refractivity contribution >= 4 is 11.5 Å². The third kappa shape index (κ3) is 1.30. The zero-order valence-electron chi connectivity index (χ0n) is 10.8. The normalized spacial score (nSPS) is 17.6. The molecule has 1 aliphatic rings. The van der Waals surface area contributed by atoms with E-state index in [2.05, 4.69) is 27.1 Å². The molecule has 2 N–H and O–H groups in total. The maximum atomic E-state index is 6.01. The Bertz CT molecular complexity index is 631. The number of rotatable bonds is 0. The first kappa shape index (κ1) is 10.9. The minimum atomic E-state index is 0.106. The number of hydrogen-bond acceptors (Lipinski definition) is 6. The molecule has 2 aromatic rings. The first-order valence-corrected chi connectivity index (χ1v) is 5.77. The molecule has 1 atom stereocenters. The molecule has 0 bridgehead atoms. The monoisotopic (exact) mass is 245 g/mol. The maximum Gasteiger partial charge on any atom is 0.151 e. The van der Waals surface area contributed by atoms with Crippen LogP contribution in [0.2, 0.25) is 0 Å². The van der Waals surface area contributed by atoms with Gasteiger partial charge in [-0.25, -0.2) is 9.97 Å². The number of aryl methyl sites for hydroxylation is 2. The Hall–Kier alpha value is -2.18. The molecule has 0 fully saturated rings. The van der Waals surface area contributed by atoms with E-state index in [0.717, 1.165) is 22.8 Å². The molecule has 1 unspecified atom stereocenters. The zero-order valence-corrected chi connectivity index (χ0v) is 10.8. The Kier molecular flexibility index (Phi) is 2.07. The van der Waals surface area contributed by atoms with Crippen LogP contribution in [0.15, 0.2) is 0 Å². The van der Waals surface area contributed by atoms with Gasteiger partial charge in [0.15, 0.2) is 5.82 Å². The first-order valence-electron chi connectivity index (χ1n) is 5.77. The second kappa shape index (κ2) is 3.41. The molecule has 94 valence electrons. The highest BCUT2D eigenvalue weighted by Gasteiger charge is 2.33. The molecule has 1 aliphatic heterocycles. The fourth-order valence-corrected chi connectivity index (χ4v) is 2.35. The lowest BCUT2D eigenvalue weighted by Crippen LogP contribution is -2.28. The van der Waals surface area contributed by atoms with Crippen LogP contribution in [0.1, 0.15) is 24.5 Å². The van der Waals surface area contributed by atoms with Gasteiger partial charge in [0.2, 0.25) is 0 Å². The molecule has 0 aliphatic carbocycles. The van der Waals surface area contributed by atoms with Gasteiger partial charge in [0.1, 0.15) is 28.6 Å². The maximum absolute atomic E-state index is 6.01. The number of nitrogen functional groups attached to an aromatic ring is 1. The quantitative estimate of drug-likeness (QED) is 0.734. The van der Waals surface area contributed by atoms with Crippen LogP contribution in [0.25, 0.3) is 11.4 Å². The van der Waals surface area contributed by atoms with Gasteiger partial charge in [-0.15, -0.1) is 0 Å². The van der Waals surface area contributed by atoms with Gasteiger partial charge >= 0.3 is 0 Å². The summed E-state index contributed by atoms with van der Waals surface area (Å²) in [7, 11) is 3.78. The SMILES string of the molecule is Cc1nc(N)c2c(n1)-c1nn(C)nc1C(C)N2C. The first-order chi connectivity index (χ1) is 8.49. The van der Waals surface area contributed by atoms with Gasteiger partial charge in [0.05, 0.1) is 6.04 Å². The number of nitrogens with zero attached hydrogens (tertiary/aromatic N) is 6. The predicted molar refractivity (Wildman–Crippen MR) is 68.0 cm³/mol. The average Bonchev–Trinajstić information content (AvgIpc) is 2.67. The van der Waals surface area contributed by atoms with E-state index in [1.54, 1.807) is 4.80 Å². The molecule has 0 saturated carbocycles. The Morgan fingerprint density at radius 2 is 1.83 bits per heavy atom. The summed E-state index contributed by atoms with van der Waals surface area (Å²) in [6.45, 7) is 3.89. The Labute approximate surface area is 105 Å². The van der Waals surface area contributed by atoms with Crippen LogP contribution in [0.3, 0.4) is 0 Å². The van der Waals surface area contributed by atoms with E-state index < -0.39 is 0 Å². The van der Waals surface area contributed by atoms with E-state index >= 15 is 0 Å². The second-order valence-corrected chi connectivity index (χ2v) is 4.56. The molecule has 2 aromatic heterocycles. The van der Waals surface area contributed by atoms with E-state index in [1.807, 2.05) is 25.9 Å². The van der Waals surface area contributed by atoms with Crippen LogP contribution in [0.4, 0.5) is 11.5 Å². The summed E-state index contributed by atoms with van der Waals surface area (Å²) >= 11 is 0. The molecule has 3 rings (SSSR count). The largest absolute Gasteiger partial charge is 0.382 e. The van der Waals surface area contributed by atoms with Gasteiger partial charge in [-0.05, 0) is 13.8 Å². The van der Waals surface area contributed by atoms with Crippen LogP contribution in [0, 0.1) is 6.92 Å². The molecule has 0 amide bonds. The van der Waals surface area contributed by atoms with Crippen molar-refractivity contribution in [3.63, 3.8) is 0 Å². The summed E-state index contributed by atoms with van der Waals surface area (Å²) < 4.78 is 0. The second-order valence-electron chi connectivity index (χ2n) is 4.56. The number of hydrogen-bond donors (Lipinski definition) is 1. The third-order valence-electron chi connectivity index (χ3n) is 3.32. The number of nitrogens with two attached hydrogens (primary N) is 1. The number of aromatic nitrogens is 5. The van der Waals surface area contributed by atoms with Gasteiger partial charge in [-0.3, -0.25) is 0 Å². The van der Waals surface area contributed by atoms with E-state index in [0.29, 0.717) is 11.6 Å². The van der Waals surface area contributed by atoms with Crippen LogP contribution in [-0.4, -0.2) is 32.0 Å². The molecular formula is C11H15N7. The van der Waals surface area contributed by atoms with Gasteiger partial charge in [-0.1, -0.05) is 0 Å². The lowest BCUT2D eigenvalue weighted by molar-refractivity contribution is 0.625. The molecule has 0 saturated heterocycles. The predicted octanol–water partition coefficient (Wildman–Crippen LogP) is 0.674. The average molecular weight is 245 g/mol. The molecular weight excluding hydrogens is 230 g/mol. The van der Waals surface area contributed by atoms with Crippen molar-refractivity contribution in [2.45, 2.75) is 19.9 Å². The minimum Gasteiger partial charge on any atom is -0.382 e. The van der Waals surface area contributed by atoms with Crippen molar-refractivity contribution in [2.75, 3.05) is 17.7 Å². The summed E-state index contributed by atoms with van der Waals surface area (Å²) in [5.41, 5.74) is 9.34. The highest BCUT2D eigenvalue weighted by atomic mass is 15.5. The summed E-state index contributed by atoms with van der Waals surface area (Å²) in [5.74, 6) is 1.13. The third-order valence-corrected chi connectivity index (χ3v) is 3.32. The topological polar surface area (TPSA) is 85.8 Å². The van der Waals surface area contributed by atoms with Crippen molar-refractivity contribution in [1.82, 2.24) is 25.0 Å². The smallest absolute Gasteiger partial charge is 0.151 e. The minimum absolute atomic E-state index is 0.106. The molecule has 0 spiro atoms. The highest BCUT2D eigenvalue weighted by molar-refractivity contribution is 5.84. The Balaban J connectivity index is 2.36. The molecule has 0 aromatic carbocycles. The molecule has 3 heterocycles. The van der Waals surface area contributed by atoms with Crippen LogP contribution in [0.5, 0.6) is 0 Å². The van der Waals surface area contributed by atoms with Crippen LogP contribution >= 0.6 is 0 Å². The van der Waals surface area contributed by atoms with E-state index in [9.17, 15) is 0 Å². The van der Waals surface area contributed by atoms with Crippen molar-refractivity contribution in [1.29, 1.82) is 0 Å². The molecule has 18 heavy (non-hydrogen) atoms. The van der Waals surface area contributed by atoms with Crippen molar-refractivity contribution in [3.05, 3.63) is 11.5 Å². The number of fused-ring (bicyclic) bond motifs is 3. The summed E-state index contributed by atoms with van der Waals surface area (Å²) in [6, 6.07) is 0.106. The fraction of sp³-hybridized carbons (Fsp3) is 0.455. The van der Waals surface area contributed by atoms with Crippen molar-refractivity contribution < 1.29 is 0 Å². The molecule has 7 heteroatoms. The fourth-order valence-electron chi connectivity index (χ4n) is 2.35. The lowest BCUT2D eigenvalue weighted by atomic mass is 10.0. The summed E-state index contributed by atoms with van der Waals surface area (Å²) in [5, 5.41) is 8.80. The zero-order chi connectivity index (χ0) is 13.0. The van der Waals surface area contributed by atoms with Gasteiger partial charge in [0, 0.05) is 14.1 Å². The number of anilines is 2. The highest BCUT2D eigenvalue weighted by Crippen LogP contribution is 2.42. The standard InChI is InChI=1S/C11H15N7/c1-5-7-8(16-18(4)15-7)9-10(17(5)3)11(12)14-6(2)13-9/h5H,1-4H3,(H2,12,13,14). The summed E-state index contributed by atoms with van der Waals surface area (Å²) in [6.07, 6.45) is 0. The van der Waals surface area contributed by atoms with Crippen molar-refractivity contribution in [2.24, 2.45) is 7.05 Å². The van der Waals surface area contributed by atoms with Gasteiger partial charge in [-0.2, -0.15) is 15.0 Å². The van der Waals surface area contributed by atoms with Gasteiger partial charge in [0.25, 0.3) is 0 Å². The van der Waals surface area contributed by atoms with Crippen LogP contribution in [-0.2, 0) is 7.05 Å². The van der Waals surface area contributed by atoms with E-state index in [-0.39, 0.29) is 6.04 Å². The Morgan fingerprint density at radius 1 is 1.11 bits per heavy atom. The van der Waals surface area contributed by atoms with Gasteiger partial charge < -0.3 is 10.6 Å². The van der Waals surface area contributed by atoms with Crippen LogP contribution < -0.4 is 10.6 Å². The summed E-state index contributed by atoms with van der Waals surface area (Å²) in [4.78, 5) is 12.3. The molecule has 7 nitrogen and oxygen atoms in total. The van der Waals surface area contributed by atoms with E-state index in [4.69, 9.17) is 5.73 Å². The van der Waals surface area contributed by atoms with Crippen molar-refractivity contribution in [3.8, 4) is 11.4 Å².